The Morgan fingerprint density at radius 2 is 1.75 bits per heavy atom. The first kappa shape index (κ1) is 21.0. The average molecular weight is 392 g/mol. The molecule has 156 valence electrons. The highest BCUT2D eigenvalue weighted by Crippen LogP contribution is 2.57. The van der Waals surface area contributed by atoms with Crippen LogP contribution in [0.1, 0.15) is 74.1 Å². The third-order valence-corrected chi connectivity index (χ3v) is 7.22. The van der Waals surface area contributed by atoms with E-state index in [0.717, 1.165) is 17.6 Å². The van der Waals surface area contributed by atoms with E-state index in [1.807, 2.05) is 27.7 Å². The summed E-state index contributed by atoms with van der Waals surface area (Å²) < 4.78 is 17.2. The van der Waals surface area contributed by atoms with E-state index in [1.54, 1.807) is 6.92 Å². The van der Waals surface area contributed by atoms with Gasteiger partial charge in [-0.25, -0.2) is 4.79 Å². The Morgan fingerprint density at radius 1 is 1.14 bits per heavy atom. The SMILES string of the molecule is CC(=O)O[C@@]1(C)[C@@H]2CC(=C(C)C)C(=O)C[C@@]2(C)CC[C@H]1OC(=O)C1(C)OC1C. The first-order chi connectivity index (χ1) is 12.8. The molecular formula is C22H32O6. The molecule has 0 amide bonds. The van der Waals surface area contributed by atoms with E-state index in [-0.39, 0.29) is 23.2 Å². The number of ketones is 1. The van der Waals surface area contributed by atoms with Crippen LogP contribution in [0, 0.1) is 11.3 Å². The molecule has 0 aromatic carbocycles. The van der Waals surface area contributed by atoms with Crippen LogP contribution in [0.2, 0.25) is 0 Å². The minimum atomic E-state index is -0.996. The predicted octanol–water partition coefficient (Wildman–Crippen LogP) is 3.51. The molecule has 0 radical (unpaired) electrons. The number of Topliss-reactive ketones (excluding diaryl/α,β-unsaturated/α-hetero) is 1. The van der Waals surface area contributed by atoms with Crippen LogP contribution >= 0.6 is 0 Å². The zero-order chi connectivity index (χ0) is 21.1. The summed E-state index contributed by atoms with van der Waals surface area (Å²) >= 11 is 0. The van der Waals surface area contributed by atoms with Gasteiger partial charge in [0.1, 0.15) is 11.7 Å². The molecule has 1 aliphatic heterocycles. The van der Waals surface area contributed by atoms with Crippen LogP contribution in [0.4, 0.5) is 0 Å². The monoisotopic (exact) mass is 392 g/mol. The fourth-order valence-corrected chi connectivity index (χ4v) is 5.19. The summed E-state index contributed by atoms with van der Waals surface area (Å²) in [6.07, 6.45) is 1.49. The summed E-state index contributed by atoms with van der Waals surface area (Å²) in [6.45, 7) is 12.7. The summed E-state index contributed by atoms with van der Waals surface area (Å²) in [7, 11) is 0. The maximum absolute atomic E-state index is 12.7. The van der Waals surface area contributed by atoms with Crippen molar-refractivity contribution in [2.45, 2.75) is 97.6 Å². The van der Waals surface area contributed by atoms with Crippen LogP contribution in [-0.4, -0.2) is 41.1 Å². The van der Waals surface area contributed by atoms with Gasteiger partial charge in [0.25, 0.3) is 0 Å². The van der Waals surface area contributed by atoms with Crippen molar-refractivity contribution in [2.24, 2.45) is 11.3 Å². The molecule has 0 aromatic heterocycles. The Labute approximate surface area is 167 Å². The molecule has 2 aliphatic carbocycles. The van der Waals surface area contributed by atoms with Crippen molar-refractivity contribution in [2.75, 3.05) is 0 Å². The van der Waals surface area contributed by atoms with Crippen LogP contribution < -0.4 is 0 Å². The van der Waals surface area contributed by atoms with Gasteiger partial charge < -0.3 is 14.2 Å². The van der Waals surface area contributed by atoms with E-state index in [4.69, 9.17) is 14.2 Å². The van der Waals surface area contributed by atoms with Crippen LogP contribution in [-0.2, 0) is 28.6 Å². The fourth-order valence-electron chi connectivity index (χ4n) is 5.19. The number of allylic oxidation sites excluding steroid dienone is 2. The summed E-state index contributed by atoms with van der Waals surface area (Å²) in [5.41, 5.74) is -0.422. The number of ether oxygens (including phenoxy) is 3. The Morgan fingerprint density at radius 3 is 2.25 bits per heavy atom. The van der Waals surface area contributed by atoms with E-state index in [0.29, 0.717) is 19.3 Å². The molecule has 6 heteroatoms. The third-order valence-electron chi connectivity index (χ3n) is 7.22. The lowest BCUT2D eigenvalue weighted by molar-refractivity contribution is -0.219. The van der Waals surface area contributed by atoms with Crippen molar-refractivity contribution in [1.29, 1.82) is 0 Å². The number of esters is 2. The molecule has 3 fully saturated rings. The molecule has 0 N–H and O–H groups in total. The first-order valence-electron chi connectivity index (χ1n) is 10.1. The highest BCUT2D eigenvalue weighted by molar-refractivity contribution is 5.97. The first-order valence-corrected chi connectivity index (χ1v) is 10.1. The van der Waals surface area contributed by atoms with Gasteiger partial charge in [0, 0.05) is 19.3 Å². The molecule has 2 unspecified atom stereocenters. The molecule has 3 aliphatic rings. The summed E-state index contributed by atoms with van der Waals surface area (Å²) in [5.74, 6) is -0.762. The second kappa shape index (κ2) is 6.68. The number of epoxide rings is 1. The van der Waals surface area contributed by atoms with Gasteiger partial charge in [-0.05, 0) is 64.9 Å². The zero-order valence-electron chi connectivity index (χ0n) is 18.0. The molecular weight excluding hydrogens is 360 g/mol. The van der Waals surface area contributed by atoms with E-state index in [2.05, 4.69) is 6.92 Å². The smallest absolute Gasteiger partial charge is 0.341 e. The van der Waals surface area contributed by atoms with Gasteiger partial charge in [-0.15, -0.1) is 0 Å². The standard InChI is InChI=1S/C22H32O6/c1-12(2)15-10-17-20(5,11-16(15)24)9-8-18(22(17,7)28-14(4)23)26-19(25)21(6)13(3)27-21/h13,17-18H,8-11H2,1-7H3/t13?,17-,18-,20-,21?,22+/m1/s1. The minimum Gasteiger partial charge on any atom is -0.456 e. The van der Waals surface area contributed by atoms with Gasteiger partial charge in [-0.2, -0.15) is 0 Å². The van der Waals surface area contributed by atoms with E-state index < -0.39 is 29.2 Å². The normalized spacial score (nSPS) is 42.5. The van der Waals surface area contributed by atoms with Crippen molar-refractivity contribution in [3.05, 3.63) is 11.1 Å². The molecule has 28 heavy (non-hydrogen) atoms. The lowest BCUT2D eigenvalue weighted by Crippen LogP contribution is -2.62. The van der Waals surface area contributed by atoms with Gasteiger partial charge >= 0.3 is 11.9 Å². The van der Waals surface area contributed by atoms with E-state index in [9.17, 15) is 14.4 Å². The second-order valence-corrected chi connectivity index (χ2v) is 9.57. The molecule has 1 heterocycles. The number of hydrogen-bond donors (Lipinski definition) is 0. The largest absolute Gasteiger partial charge is 0.456 e. The van der Waals surface area contributed by atoms with Gasteiger partial charge in [0.2, 0.25) is 0 Å². The number of carbonyl (C=O) groups is 3. The molecule has 6 nitrogen and oxygen atoms in total. The summed E-state index contributed by atoms with van der Waals surface area (Å²) in [6, 6.07) is 0. The second-order valence-electron chi connectivity index (χ2n) is 9.57. The molecule has 3 rings (SSSR count). The molecule has 2 saturated carbocycles. The van der Waals surface area contributed by atoms with E-state index in [1.165, 1.54) is 6.92 Å². The zero-order valence-corrected chi connectivity index (χ0v) is 18.0. The Kier molecular flexibility index (Phi) is 5.02. The summed E-state index contributed by atoms with van der Waals surface area (Å²) in [5, 5.41) is 0. The van der Waals surface area contributed by atoms with Gasteiger partial charge in [-0.1, -0.05) is 12.5 Å². The van der Waals surface area contributed by atoms with E-state index >= 15 is 0 Å². The molecule has 1 saturated heterocycles. The van der Waals surface area contributed by atoms with Gasteiger partial charge in [-0.3, -0.25) is 9.59 Å². The summed E-state index contributed by atoms with van der Waals surface area (Å²) in [4.78, 5) is 37.4. The van der Waals surface area contributed by atoms with Crippen molar-refractivity contribution in [1.82, 2.24) is 0 Å². The third kappa shape index (κ3) is 3.30. The highest BCUT2D eigenvalue weighted by atomic mass is 16.7. The highest BCUT2D eigenvalue weighted by Gasteiger charge is 2.63. The number of fused-ring (bicyclic) bond motifs is 1. The predicted molar refractivity (Wildman–Crippen MR) is 102 cm³/mol. The number of rotatable bonds is 3. The van der Waals surface area contributed by atoms with Crippen molar-refractivity contribution >= 4 is 17.7 Å². The van der Waals surface area contributed by atoms with Crippen LogP contribution in [0.25, 0.3) is 0 Å². The van der Waals surface area contributed by atoms with Crippen molar-refractivity contribution in [3.63, 3.8) is 0 Å². The van der Waals surface area contributed by atoms with Crippen molar-refractivity contribution in [3.8, 4) is 0 Å². The quantitative estimate of drug-likeness (QED) is 0.415. The Bertz CT molecular complexity index is 750. The molecule has 6 atom stereocenters. The lowest BCUT2D eigenvalue weighted by atomic mass is 9.53. The molecule has 0 spiro atoms. The Hall–Kier alpha value is -1.69. The lowest BCUT2D eigenvalue weighted by Gasteiger charge is -2.56. The molecule has 0 aromatic rings. The average Bonchev–Trinajstić information content (AvgIpc) is 3.17. The van der Waals surface area contributed by atoms with Crippen LogP contribution in [0.5, 0.6) is 0 Å². The molecule has 0 bridgehead atoms. The fraction of sp³-hybridized carbons (Fsp3) is 0.773. The number of carbonyl (C=O) groups excluding carboxylic acids is 3. The van der Waals surface area contributed by atoms with Gasteiger partial charge in [0.05, 0.1) is 6.10 Å². The maximum Gasteiger partial charge on any atom is 0.341 e. The van der Waals surface area contributed by atoms with Crippen molar-refractivity contribution < 1.29 is 28.6 Å². The minimum absolute atomic E-state index is 0.108. The van der Waals surface area contributed by atoms with Crippen LogP contribution in [0.3, 0.4) is 0 Å². The van der Waals surface area contributed by atoms with Crippen LogP contribution in [0.15, 0.2) is 11.1 Å². The Balaban J connectivity index is 1.95. The number of hydrogen-bond acceptors (Lipinski definition) is 6. The topological polar surface area (TPSA) is 82.2 Å². The maximum atomic E-state index is 12.7. The van der Waals surface area contributed by atoms with Gasteiger partial charge in [0.15, 0.2) is 11.4 Å².